The SMILES string of the molecule is C[C@]1(c2ccccc2)NC(=O)N(CC(=O)NC(=O)NC23CC4CC(CC(C4)C2)C3)C1=O. The number of imide groups is 2. The topological polar surface area (TPSA) is 108 Å². The molecule has 3 N–H and O–H groups in total. The number of benzene rings is 1. The van der Waals surface area contributed by atoms with Crippen LogP contribution in [-0.2, 0) is 15.1 Å². The maximum absolute atomic E-state index is 12.9. The van der Waals surface area contributed by atoms with E-state index >= 15 is 0 Å². The Morgan fingerprint density at radius 2 is 1.61 bits per heavy atom. The van der Waals surface area contributed by atoms with Crippen molar-refractivity contribution in [1.82, 2.24) is 20.9 Å². The number of hydrogen-bond donors (Lipinski definition) is 3. The molecule has 1 aliphatic heterocycles. The first-order valence-electron chi connectivity index (χ1n) is 11.1. The average molecular weight is 425 g/mol. The lowest BCUT2D eigenvalue weighted by Crippen LogP contribution is -2.62. The van der Waals surface area contributed by atoms with Gasteiger partial charge < -0.3 is 10.6 Å². The number of rotatable bonds is 4. The molecule has 1 saturated heterocycles. The highest BCUT2D eigenvalue weighted by Crippen LogP contribution is 2.55. The average Bonchev–Trinajstić information content (AvgIpc) is 2.91. The summed E-state index contributed by atoms with van der Waals surface area (Å²) in [7, 11) is 0. The van der Waals surface area contributed by atoms with Crippen molar-refractivity contribution in [2.75, 3.05) is 6.54 Å². The van der Waals surface area contributed by atoms with Gasteiger partial charge in [-0.25, -0.2) is 9.59 Å². The van der Waals surface area contributed by atoms with Gasteiger partial charge in [0.25, 0.3) is 5.91 Å². The molecule has 5 aliphatic rings. The van der Waals surface area contributed by atoms with Crippen molar-refractivity contribution in [3.8, 4) is 0 Å². The van der Waals surface area contributed by atoms with Crippen molar-refractivity contribution in [3.63, 3.8) is 0 Å². The van der Waals surface area contributed by atoms with E-state index < -0.39 is 36.0 Å². The van der Waals surface area contributed by atoms with Crippen molar-refractivity contribution >= 4 is 23.9 Å². The predicted molar refractivity (Wildman–Crippen MR) is 112 cm³/mol. The Morgan fingerprint density at radius 3 is 2.19 bits per heavy atom. The fraction of sp³-hybridized carbons (Fsp3) is 0.565. The van der Waals surface area contributed by atoms with Gasteiger partial charge in [0.2, 0.25) is 5.91 Å². The first kappa shape index (κ1) is 20.0. The second-order valence-electron chi connectivity index (χ2n) is 10.0. The van der Waals surface area contributed by atoms with Crippen LogP contribution < -0.4 is 16.0 Å². The summed E-state index contributed by atoms with van der Waals surface area (Å²) in [4.78, 5) is 51.3. The molecule has 4 saturated carbocycles. The van der Waals surface area contributed by atoms with Gasteiger partial charge in [0.05, 0.1) is 0 Å². The van der Waals surface area contributed by atoms with E-state index in [0.717, 1.165) is 24.2 Å². The molecule has 4 aliphatic carbocycles. The maximum atomic E-state index is 12.9. The van der Waals surface area contributed by atoms with Crippen molar-refractivity contribution in [3.05, 3.63) is 35.9 Å². The molecule has 1 aromatic rings. The summed E-state index contributed by atoms with van der Waals surface area (Å²) in [5, 5.41) is 8.06. The Labute approximate surface area is 181 Å². The van der Waals surface area contributed by atoms with E-state index in [1.54, 1.807) is 31.2 Å². The molecule has 8 heteroatoms. The van der Waals surface area contributed by atoms with E-state index in [9.17, 15) is 19.2 Å². The molecule has 0 radical (unpaired) electrons. The molecule has 6 rings (SSSR count). The second-order valence-corrected chi connectivity index (χ2v) is 10.0. The number of nitrogens with zero attached hydrogens (tertiary/aromatic N) is 1. The van der Waals surface area contributed by atoms with Gasteiger partial charge in [0, 0.05) is 5.54 Å². The normalized spacial score (nSPS) is 35.8. The molecule has 31 heavy (non-hydrogen) atoms. The molecule has 4 bridgehead atoms. The Bertz CT molecular complexity index is 911. The largest absolute Gasteiger partial charge is 0.332 e. The number of nitrogens with one attached hydrogen (secondary N) is 3. The number of carbonyl (C=O) groups excluding carboxylic acids is 4. The minimum Gasteiger partial charge on any atom is -0.332 e. The zero-order valence-electron chi connectivity index (χ0n) is 17.6. The lowest BCUT2D eigenvalue weighted by molar-refractivity contribution is -0.134. The van der Waals surface area contributed by atoms with Gasteiger partial charge in [-0.3, -0.25) is 19.8 Å². The van der Waals surface area contributed by atoms with Crippen LogP contribution in [0.1, 0.15) is 51.0 Å². The van der Waals surface area contributed by atoms with Gasteiger partial charge in [0.15, 0.2) is 0 Å². The zero-order valence-corrected chi connectivity index (χ0v) is 17.6. The van der Waals surface area contributed by atoms with Gasteiger partial charge in [-0.2, -0.15) is 0 Å². The van der Waals surface area contributed by atoms with Crippen molar-refractivity contribution in [1.29, 1.82) is 0 Å². The van der Waals surface area contributed by atoms with E-state index in [1.165, 1.54) is 19.3 Å². The Morgan fingerprint density at radius 1 is 1.03 bits per heavy atom. The van der Waals surface area contributed by atoms with E-state index in [0.29, 0.717) is 23.3 Å². The number of hydrogen-bond acceptors (Lipinski definition) is 4. The molecule has 0 unspecified atom stereocenters. The van der Waals surface area contributed by atoms with E-state index in [1.807, 2.05) is 6.07 Å². The lowest BCUT2D eigenvalue weighted by atomic mass is 9.53. The summed E-state index contributed by atoms with van der Waals surface area (Å²) < 4.78 is 0. The number of carbonyl (C=O) groups is 4. The molecular formula is C23H28N4O4. The monoisotopic (exact) mass is 424 g/mol. The third kappa shape index (κ3) is 3.47. The van der Waals surface area contributed by atoms with Crippen LogP contribution in [0.2, 0.25) is 0 Å². The van der Waals surface area contributed by atoms with Gasteiger partial charge in [-0.05, 0) is 68.8 Å². The van der Waals surface area contributed by atoms with Crippen LogP contribution in [0, 0.1) is 17.8 Å². The van der Waals surface area contributed by atoms with Gasteiger partial charge >= 0.3 is 12.1 Å². The van der Waals surface area contributed by atoms with Crippen molar-refractivity contribution in [2.45, 2.75) is 56.5 Å². The quantitative estimate of drug-likeness (QED) is 0.644. The molecule has 6 amide bonds. The fourth-order valence-corrected chi connectivity index (χ4v) is 6.65. The van der Waals surface area contributed by atoms with E-state index in [2.05, 4.69) is 16.0 Å². The Kier molecular flexibility index (Phi) is 4.57. The van der Waals surface area contributed by atoms with Crippen LogP contribution in [-0.4, -0.2) is 40.9 Å². The van der Waals surface area contributed by atoms with E-state index in [-0.39, 0.29) is 5.54 Å². The summed E-state index contributed by atoms with van der Waals surface area (Å²) in [6.07, 6.45) is 6.70. The lowest BCUT2D eigenvalue weighted by Gasteiger charge is -2.56. The number of amides is 6. The molecule has 1 aromatic carbocycles. The van der Waals surface area contributed by atoms with Crippen molar-refractivity contribution < 1.29 is 19.2 Å². The van der Waals surface area contributed by atoms with Gasteiger partial charge in [0.1, 0.15) is 12.1 Å². The molecule has 5 fully saturated rings. The highest BCUT2D eigenvalue weighted by atomic mass is 16.2. The van der Waals surface area contributed by atoms with Crippen LogP contribution in [0.4, 0.5) is 9.59 Å². The molecule has 1 atom stereocenters. The zero-order chi connectivity index (χ0) is 21.8. The summed E-state index contributed by atoms with van der Waals surface area (Å²) in [5.74, 6) is 0.819. The van der Waals surface area contributed by atoms with Crippen LogP contribution in [0.15, 0.2) is 30.3 Å². The van der Waals surface area contributed by atoms with Gasteiger partial charge in [-0.1, -0.05) is 30.3 Å². The second kappa shape index (κ2) is 7.07. The molecule has 0 aromatic heterocycles. The Balaban J connectivity index is 1.20. The highest BCUT2D eigenvalue weighted by molar-refractivity contribution is 6.10. The third-order valence-electron chi connectivity index (χ3n) is 7.60. The summed E-state index contributed by atoms with van der Waals surface area (Å²) in [6.45, 7) is 1.11. The highest BCUT2D eigenvalue weighted by Gasteiger charge is 2.52. The van der Waals surface area contributed by atoms with Crippen LogP contribution in [0.5, 0.6) is 0 Å². The first-order valence-corrected chi connectivity index (χ1v) is 11.1. The van der Waals surface area contributed by atoms with Crippen LogP contribution in [0.3, 0.4) is 0 Å². The molecule has 8 nitrogen and oxygen atoms in total. The molecule has 0 spiro atoms. The molecular weight excluding hydrogens is 396 g/mol. The van der Waals surface area contributed by atoms with Crippen LogP contribution in [0.25, 0.3) is 0 Å². The summed E-state index contributed by atoms with van der Waals surface area (Å²) in [5.41, 5.74) is -0.817. The fourth-order valence-electron chi connectivity index (χ4n) is 6.65. The maximum Gasteiger partial charge on any atom is 0.325 e. The number of urea groups is 2. The van der Waals surface area contributed by atoms with Crippen molar-refractivity contribution in [2.24, 2.45) is 17.8 Å². The molecule has 1 heterocycles. The summed E-state index contributed by atoms with van der Waals surface area (Å²) >= 11 is 0. The molecule has 164 valence electrons. The smallest absolute Gasteiger partial charge is 0.325 e. The predicted octanol–water partition coefficient (Wildman–Crippen LogP) is 2.25. The first-order chi connectivity index (χ1) is 14.8. The third-order valence-corrected chi connectivity index (χ3v) is 7.60. The van der Waals surface area contributed by atoms with E-state index in [4.69, 9.17) is 0 Å². The Hall–Kier alpha value is -2.90. The van der Waals surface area contributed by atoms with Gasteiger partial charge in [-0.15, -0.1) is 0 Å². The minimum atomic E-state index is -1.24. The van der Waals surface area contributed by atoms with Crippen LogP contribution >= 0.6 is 0 Å². The standard InChI is InChI=1S/C23H28N4O4/c1-22(17-5-3-2-4-6-17)19(29)27(21(31)26-22)13-18(28)24-20(30)25-23-10-14-7-15(11-23)9-16(8-14)12-23/h2-6,14-16H,7-13H2,1H3,(H,26,31)(H2,24,25,28,30)/t14?,15?,16?,22-,23?/m1/s1. The summed E-state index contributed by atoms with van der Waals surface area (Å²) in [6, 6.07) is 7.70. The minimum absolute atomic E-state index is 0.216.